The van der Waals surface area contributed by atoms with Crippen LogP contribution in [0.5, 0.6) is 17.2 Å². The first-order valence-electron chi connectivity index (χ1n) is 10.5. The summed E-state index contributed by atoms with van der Waals surface area (Å²) in [5.41, 5.74) is 2.44. The van der Waals surface area contributed by atoms with E-state index in [1.165, 1.54) is 11.6 Å². The number of aliphatic hydroxyl groups is 1. The Hall–Kier alpha value is -3.80. The molecule has 3 rings (SSSR count). The van der Waals surface area contributed by atoms with Gasteiger partial charge < -0.3 is 28.8 Å². The molecule has 182 valence electrons. The Morgan fingerprint density at radius 2 is 2.00 bits per heavy atom. The van der Waals surface area contributed by atoms with Crippen molar-refractivity contribution in [2.24, 2.45) is 0 Å². The van der Waals surface area contributed by atoms with Crippen LogP contribution in [0.2, 0.25) is 0 Å². The Morgan fingerprint density at radius 1 is 1.18 bits per heavy atom. The Bertz CT molecular complexity index is 1010. The van der Waals surface area contributed by atoms with E-state index >= 15 is 0 Å². The number of ether oxygens (including phenoxy) is 5. The molecule has 2 amide bonds. The van der Waals surface area contributed by atoms with Gasteiger partial charge in [-0.05, 0) is 42.8 Å². The van der Waals surface area contributed by atoms with Crippen LogP contribution in [0.25, 0.3) is 0 Å². The zero-order valence-electron chi connectivity index (χ0n) is 18.4. The van der Waals surface area contributed by atoms with Crippen LogP contribution in [0.4, 0.5) is 10.5 Å². The number of carbonyl (C=O) groups excluding carboxylic acids is 2. The van der Waals surface area contributed by atoms with Gasteiger partial charge in [0, 0.05) is 24.4 Å². The standard InChI is InChI=1S/C23H26N2O9/c1-2-30-19(8-9-21(27)25-29)22(15-4-3-5-17(12-15)31-11-10-26)34-23(28)24-16-6-7-18-20(13-16)33-14-32-18/h3-9,12-13,19,22,26,29H,2,10-11,14H2,1H3,(H,24,28)(H,25,27)/b9-8+/t19-,22-/m1/s1. The summed E-state index contributed by atoms with van der Waals surface area (Å²) in [5, 5.41) is 20.4. The second kappa shape index (κ2) is 12.4. The van der Waals surface area contributed by atoms with Crippen molar-refractivity contribution < 1.29 is 43.6 Å². The molecule has 0 unspecified atom stereocenters. The van der Waals surface area contributed by atoms with Crippen LogP contribution in [0.3, 0.4) is 0 Å². The van der Waals surface area contributed by atoms with E-state index < -0.39 is 24.2 Å². The number of fused-ring (bicyclic) bond motifs is 1. The lowest BCUT2D eigenvalue weighted by molar-refractivity contribution is -0.124. The summed E-state index contributed by atoms with van der Waals surface area (Å²) in [7, 11) is 0. The van der Waals surface area contributed by atoms with Gasteiger partial charge in [0.25, 0.3) is 5.91 Å². The van der Waals surface area contributed by atoms with Crippen LogP contribution in [0, 0.1) is 0 Å². The molecule has 2 aromatic rings. The number of amides is 2. The molecule has 11 heteroatoms. The maximum atomic E-state index is 12.8. The van der Waals surface area contributed by atoms with Gasteiger partial charge in [0.1, 0.15) is 18.5 Å². The minimum Gasteiger partial charge on any atom is -0.491 e. The molecule has 4 N–H and O–H groups in total. The van der Waals surface area contributed by atoms with E-state index in [2.05, 4.69) is 5.32 Å². The predicted octanol–water partition coefficient (Wildman–Crippen LogP) is 2.54. The van der Waals surface area contributed by atoms with E-state index in [-0.39, 0.29) is 26.6 Å². The molecule has 0 spiro atoms. The van der Waals surface area contributed by atoms with Gasteiger partial charge in [-0.15, -0.1) is 0 Å². The van der Waals surface area contributed by atoms with Gasteiger partial charge in [-0.25, -0.2) is 10.3 Å². The van der Waals surface area contributed by atoms with Crippen molar-refractivity contribution in [1.29, 1.82) is 0 Å². The van der Waals surface area contributed by atoms with E-state index in [0.29, 0.717) is 28.5 Å². The Kier molecular flexibility index (Phi) is 9.09. The second-order valence-electron chi connectivity index (χ2n) is 6.92. The number of hydrogen-bond acceptors (Lipinski definition) is 9. The molecule has 2 atom stereocenters. The lowest BCUT2D eigenvalue weighted by Gasteiger charge is -2.25. The molecule has 0 saturated carbocycles. The van der Waals surface area contributed by atoms with E-state index in [4.69, 9.17) is 34.0 Å². The topological polar surface area (TPSA) is 145 Å². The molecular weight excluding hydrogens is 448 g/mol. The van der Waals surface area contributed by atoms with Crippen LogP contribution < -0.4 is 25.0 Å². The second-order valence-corrected chi connectivity index (χ2v) is 6.92. The number of carbonyl (C=O) groups is 2. The third-order valence-electron chi connectivity index (χ3n) is 4.60. The Balaban J connectivity index is 1.84. The highest BCUT2D eigenvalue weighted by atomic mass is 16.7. The van der Waals surface area contributed by atoms with Crippen LogP contribution in [-0.4, -0.2) is 55.0 Å². The van der Waals surface area contributed by atoms with Crippen molar-refractivity contribution in [3.8, 4) is 17.2 Å². The molecule has 0 aliphatic carbocycles. The molecular formula is C23H26N2O9. The fraction of sp³-hybridized carbons (Fsp3) is 0.304. The number of nitrogens with one attached hydrogen (secondary N) is 2. The zero-order chi connectivity index (χ0) is 24.3. The van der Waals surface area contributed by atoms with Gasteiger partial charge in [-0.3, -0.25) is 15.3 Å². The molecule has 2 aromatic carbocycles. The summed E-state index contributed by atoms with van der Waals surface area (Å²) >= 11 is 0. The molecule has 34 heavy (non-hydrogen) atoms. The van der Waals surface area contributed by atoms with Crippen molar-refractivity contribution in [2.45, 2.75) is 19.1 Å². The predicted molar refractivity (Wildman–Crippen MR) is 119 cm³/mol. The van der Waals surface area contributed by atoms with E-state index in [1.807, 2.05) is 0 Å². The molecule has 0 saturated heterocycles. The molecule has 0 radical (unpaired) electrons. The van der Waals surface area contributed by atoms with Gasteiger partial charge in [-0.2, -0.15) is 0 Å². The van der Waals surface area contributed by atoms with Crippen molar-refractivity contribution in [3.63, 3.8) is 0 Å². The molecule has 0 aromatic heterocycles. The average molecular weight is 474 g/mol. The highest BCUT2D eigenvalue weighted by Crippen LogP contribution is 2.34. The van der Waals surface area contributed by atoms with Crippen LogP contribution >= 0.6 is 0 Å². The molecule has 11 nitrogen and oxygen atoms in total. The smallest absolute Gasteiger partial charge is 0.412 e. The summed E-state index contributed by atoms with van der Waals surface area (Å²) in [4.78, 5) is 24.3. The first-order valence-corrected chi connectivity index (χ1v) is 10.5. The van der Waals surface area contributed by atoms with Gasteiger partial charge in [0.2, 0.25) is 6.79 Å². The number of anilines is 1. The van der Waals surface area contributed by atoms with Crippen LogP contribution in [0.15, 0.2) is 54.6 Å². The summed E-state index contributed by atoms with van der Waals surface area (Å²) < 4.78 is 27.5. The van der Waals surface area contributed by atoms with Gasteiger partial charge in [0.15, 0.2) is 17.6 Å². The Morgan fingerprint density at radius 3 is 2.76 bits per heavy atom. The average Bonchev–Trinajstić information content (AvgIpc) is 3.32. The molecule has 1 aliphatic rings. The summed E-state index contributed by atoms with van der Waals surface area (Å²) in [6.45, 7) is 2.02. The van der Waals surface area contributed by atoms with Gasteiger partial charge >= 0.3 is 6.09 Å². The zero-order valence-corrected chi connectivity index (χ0v) is 18.4. The fourth-order valence-corrected chi connectivity index (χ4v) is 3.16. The molecule has 0 bridgehead atoms. The van der Waals surface area contributed by atoms with E-state index in [1.54, 1.807) is 49.4 Å². The first-order chi connectivity index (χ1) is 16.5. The monoisotopic (exact) mass is 474 g/mol. The molecule has 1 heterocycles. The van der Waals surface area contributed by atoms with Crippen LogP contribution in [-0.2, 0) is 14.3 Å². The van der Waals surface area contributed by atoms with E-state index in [0.717, 1.165) is 6.08 Å². The summed E-state index contributed by atoms with van der Waals surface area (Å²) in [6, 6.07) is 11.6. The first kappa shape index (κ1) is 24.8. The van der Waals surface area contributed by atoms with Gasteiger partial charge in [0.05, 0.1) is 6.61 Å². The summed E-state index contributed by atoms with van der Waals surface area (Å²) in [6.07, 6.45) is -0.213. The van der Waals surface area contributed by atoms with Gasteiger partial charge in [-0.1, -0.05) is 12.1 Å². The number of benzene rings is 2. The minimum atomic E-state index is -0.991. The van der Waals surface area contributed by atoms with Crippen molar-refractivity contribution >= 4 is 17.7 Å². The third kappa shape index (κ3) is 6.85. The number of rotatable bonds is 11. The molecule has 0 fully saturated rings. The van der Waals surface area contributed by atoms with Crippen molar-refractivity contribution in [1.82, 2.24) is 5.48 Å². The third-order valence-corrected chi connectivity index (χ3v) is 4.60. The molecule has 1 aliphatic heterocycles. The quantitative estimate of drug-likeness (QED) is 0.219. The van der Waals surface area contributed by atoms with E-state index in [9.17, 15) is 9.59 Å². The minimum absolute atomic E-state index is 0.0883. The number of hydroxylamine groups is 1. The highest BCUT2D eigenvalue weighted by Gasteiger charge is 2.27. The van der Waals surface area contributed by atoms with Crippen LogP contribution in [0.1, 0.15) is 18.6 Å². The number of aliphatic hydroxyl groups excluding tert-OH is 1. The van der Waals surface area contributed by atoms with Crippen molar-refractivity contribution in [3.05, 3.63) is 60.2 Å². The largest absolute Gasteiger partial charge is 0.491 e. The lowest BCUT2D eigenvalue weighted by atomic mass is 10.0. The fourth-order valence-electron chi connectivity index (χ4n) is 3.16. The normalized spacial score (nSPS) is 13.9. The Labute approximate surface area is 195 Å². The SMILES string of the molecule is CCO[C@H](/C=C/C(=O)NO)[C@H](OC(=O)Nc1ccc2c(c1)OCO2)c1cccc(OCCO)c1. The lowest BCUT2D eigenvalue weighted by Crippen LogP contribution is -2.28. The number of hydrogen-bond donors (Lipinski definition) is 4. The highest BCUT2D eigenvalue weighted by molar-refractivity contribution is 5.87. The summed E-state index contributed by atoms with van der Waals surface area (Å²) in [5.74, 6) is 0.741. The maximum absolute atomic E-state index is 12.8. The van der Waals surface area contributed by atoms with Crippen molar-refractivity contribution in [2.75, 3.05) is 31.9 Å². The maximum Gasteiger partial charge on any atom is 0.412 e.